The quantitative estimate of drug-likeness (QED) is 0.774. The van der Waals surface area contributed by atoms with E-state index in [0.29, 0.717) is 0 Å². The van der Waals surface area contributed by atoms with Gasteiger partial charge >= 0.3 is 5.97 Å². The number of aliphatic hydroxyl groups is 1. The van der Waals surface area contributed by atoms with Gasteiger partial charge in [0.1, 0.15) is 5.60 Å². The van der Waals surface area contributed by atoms with Gasteiger partial charge in [0.25, 0.3) is 0 Å². The molecule has 0 bridgehead atoms. The van der Waals surface area contributed by atoms with E-state index in [1.807, 2.05) is 0 Å². The maximum atomic E-state index is 12.1. The summed E-state index contributed by atoms with van der Waals surface area (Å²) >= 11 is 0. The Morgan fingerprint density at radius 2 is 1.89 bits per heavy atom. The maximum Gasteiger partial charge on any atom is 0.310 e. The van der Waals surface area contributed by atoms with Crippen LogP contribution in [0.15, 0.2) is 0 Å². The van der Waals surface area contributed by atoms with Gasteiger partial charge in [0.05, 0.1) is 12.0 Å². The van der Waals surface area contributed by atoms with Gasteiger partial charge in [-0.25, -0.2) is 0 Å². The molecule has 2 aliphatic heterocycles. The van der Waals surface area contributed by atoms with Crippen LogP contribution in [0.5, 0.6) is 0 Å². The predicted molar refractivity (Wildman–Crippen MR) is 71.7 cm³/mol. The Morgan fingerprint density at radius 1 is 1.21 bits per heavy atom. The van der Waals surface area contributed by atoms with Crippen molar-refractivity contribution in [3.8, 4) is 0 Å². The van der Waals surface area contributed by atoms with Gasteiger partial charge in [0.2, 0.25) is 0 Å². The van der Waals surface area contributed by atoms with E-state index in [1.165, 1.54) is 19.3 Å². The molecule has 3 aliphatic rings. The molecule has 4 heteroatoms. The number of hydrogen-bond acceptors (Lipinski definition) is 4. The van der Waals surface area contributed by atoms with E-state index in [2.05, 4.69) is 4.90 Å². The average molecular weight is 267 g/mol. The molecular formula is C15H25NO3. The molecule has 0 aromatic carbocycles. The lowest BCUT2D eigenvalue weighted by molar-refractivity contribution is -0.154. The zero-order valence-electron chi connectivity index (χ0n) is 11.6. The topological polar surface area (TPSA) is 49.8 Å². The summed E-state index contributed by atoms with van der Waals surface area (Å²) in [6.45, 7) is 3.15. The third-order valence-corrected chi connectivity index (χ3v) is 5.06. The minimum atomic E-state index is -0.239. The molecule has 3 fully saturated rings. The number of esters is 1. The molecule has 2 heterocycles. The molecule has 0 amide bonds. The van der Waals surface area contributed by atoms with Crippen molar-refractivity contribution in [3.63, 3.8) is 0 Å². The largest absolute Gasteiger partial charge is 0.459 e. The van der Waals surface area contributed by atoms with E-state index in [0.717, 1.165) is 51.7 Å². The van der Waals surface area contributed by atoms with Crippen molar-refractivity contribution >= 4 is 5.97 Å². The molecule has 0 aromatic heterocycles. The second-order valence-electron chi connectivity index (χ2n) is 6.60. The molecule has 1 spiro atoms. The molecule has 1 saturated carbocycles. The van der Waals surface area contributed by atoms with Crippen LogP contribution in [0.25, 0.3) is 0 Å². The zero-order valence-corrected chi connectivity index (χ0v) is 11.6. The van der Waals surface area contributed by atoms with Crippen LogP contribution < -0.4 is 0 Å². The number of rotatable bonds is 2. The fraction of sp³-hybridized carbons (Fsp3) is 0.933. The molecule has 1 unspecified atom stereocenters. The van der Waals surface area contributed by atoms with Gasteiger partial charge in [-0.05, 0) is 51.6 Å². The molecule has 1 atom stereocenters. The predicted octanol–water partition coefficient (Wildman–Crippen LogP) is 1.71. The number of nitrogens with zero attached hydrogens (tertiary/aromatic N) is 1. The van der Waals surface area contributed by atoms with Crippen molar-refractivity contribution in [2.75, 3.05) is 19.6 Å². The molecule has 0 radical (unpaired) electrons. The number of piperidine rings is 1. The van der Waals surface area contributed by atoms with E-state index in [-0.39, 0.29) is 23.6 Å². The van der Waals surface area contributed by atoms with Crippen molar-refractivity contribution < 1.29 is 14.6 Å². The molecule has 0 aromatic rings. The second-order valence-corrected chi connectivity index (χ2v) is 6.60. The first-order valence-corrected chi connectivity index (χ1v) is 7.80. The summed E-state index contributed by atoms with van der Waals surface area (Å²) in [4.78, 5) is 14.5. The van der Waals surface area contributed by atoms with Gasteiger partial charge in [0.15, 0.2) is 0 Å². The van der Waals surface area contributed by atoms with E-state index in [1.54, 1.807) is 0 Å². The molecule has 4 nitrogen and oxygen atoms in total. The maximum absolute atomic E-state index is 12.1. The van der Waals surface area contributed by atoms with Crippen molar-refractivity contribution in [2.45, 2.75) is 63.1 Å². The molecule has 3 rings (SSSR count). The summed E-state index contributed by atoms with van der Waals surface area (Å²) < 4.78 is 5.72. The SMILES string of the molecule is O=C1OC2(CCC(O)CC2)CC1CN1CCCCC1. The van der Waals surface area contributed by atoms with Crippen LogP contribution in [-0.4, -0.2) is 47.3 Å². The lowest BCUT2D eigenvalue weighted by Crippen LogP contribution is -2.37. The minimum Gasteiger partial charge on any atom is -0.459 e. The third-order valence-electron chi connectivity index (χ3n) is 5.06. The molecule has 1 aliphatic carbocycles. The highest BCUT2D eigenvalue weighted by Gasteiger charge is 2.48. The lowest BCUT2D eigenvalue weighted by atomic mass is 9.79. The number of ether oxygens (including phenoxy) is 1. The minimum absolute atomic E-state index is 0.00182. The summed E-state index contributed by atoms with van der Waals surface area (Å²) in [7, 11) is 0. The van der Waals surface area contributed by atoms with Crippen molar-refractivity contribution in [1.29, 1.82) is 0 Å². The first-order chi connectivity index (χ1) is 9.17. The molecule has 2 saturated heterocycles. The highest BCUT2D eigenvalue weighted by atomic mass is 16.6. The first-order valence-electron chi connectivity index (χ1n) is 7.80. The monoisotopic (exact) mass is 267 g/mol. The normalized spacial score (nSPS) is 40.6. The highest BCUT2D eigenvalue weighted by Crippen LogP contribution is 2.42. The van der Waals surface area contributed by atoms with Crippen LogP contribution in [-0.2, 0) is 9.53 Å². The fourth-order valence-electron chi connectivity index (χ4n) is 3.90. The van der Waals surface area contributed by atoms with Gasteiger partial charge in [-0.15, -0.1) is 0 Å². The summed E-state index contributed by atoms with van der Waals surface area (Å²) in [5, 5.41) is 9.60. The van der Waals surface area contributed by atoms with E-state index < -0.39 is 0 Å². The summed E-state index contributed by atoms with van der Waals surface area (Å²) in [6, 6.07) is 0. The Hall–Kier alpha value is -0.610. The summed E-state index contributed by atoms with van der Waals surface area (Å²) in [5.74, 6) is 0.0651. The standard InChI is InChI=1S/C15H25NO3/c17-13-4-6-15(7-5-13)10-12(14(18)19-15)11-16-8-2-1-3-9-16/h12-13,17H,1-11H2. The van der Waals surface area contributed by atoms with Crippen LogP contribution in [0.2, 0.25) is 0 Å². The van der Waals surface area contributed by atoms with Gasteiger partial charge < -0.3 is 14.7 Å². The Labute approximate surface area is 115 Å². The smallest absolute Gasteiger partial charge is 0.310 e. The van der Waals surface area contributed by atoms with Crippen LogP contribution in [0.1, 0.15) is 51.4 Å². The van der Waals surface area contributed by atoms with Crippen molar-refractivity contribution in [3.05, 3.63) is 0 Å². The Balaban J connectivity index is 1.57. The van der Waals surface area contributed by atoms with Gasteiger partial charge in [-0.1, -0.05) is 6.42 Å². The van der Waals surface area contributed by atoms with Crippen LogP contribution in [0, 0.1) is 5.92 Å². The van der Waals surface area contributed by atoms with Gasteiger partial charge in [-0.2, -0.15) is 0 Å². The van der Waals surface area contributed by atoms with Crippen molar-refractivity contribution in [2.24, 2.45) is 5.92 Å². The van der Waals surface area contributed by atoms with E-state index >= 15 is 0 Å². The third kappa shape index (κ3) is 2.95. The number of hydrogen-bond donors (Lipinski definition) is 1. The molecule has 19 heavy (non-hydrogen) atoms. The lowest BCUT2D eigenvalue weighted by Gasteiger charge is -2.34. The number of aliphatic hydroxyl groups excluding tert-OH is 1. The first kappa shape index (κ1) is 13.4. The number of carbonyl (C=O) groups excluding carboxylic acids is 1. The van der Waals surface area contributed by atoms with Crippen LogP contribution >= 0.6 is 0 Å². The average Bonchev–Trinajstić information content (AvgIpc) is 2.71. The molecule has 108 valence electrons. The van der Waals surface area contributed by atoms with E-state index in [4.69, 9.17) is 4.74 Å². The summed E-state index contributed by atoms with van der Waals surface area (Å²) in [5.41, 5.74) is -0.239. The van der Waals surface area contributed by atoms with Crippen LogP contribution in [0.4, 0.5) is 0 Å². The highest BCUT2D eigenvalue weighted by molar-refractivity contribution is 5.75. The zero-order chi connectivity index (χ0) is 13.3. The van der Waals surface area contributed by atoms with Gasteiger partial charge in [0, 0.05) is 13.0 Å². The number of likely N-dealkylation sites (tertiary alicyclic amines) is 1. The Morgan fingerprint density at radius 3 is 2.58 bits per heavy atom. The fourth-order valence-corrected chi connectivity index (χ4v) is 3.90. The Kier molecular flexibility index (Phi) is 3.81. The number of carbonyl (C=O) groups is 1. The van der Waals surface area contributed by atoms with Crippen molar-refractivity contribution in [1.82, 2.24) is 4.90 Å². The van der Waals surface area contributed by atoms with Gasteiger partial charge in [-0.3, -0.25) is 4.79 Å². The van der Waals surface area contributed by atoms with Crippen LogP contribution in [0.3, 0.4) is 0 Å². The van der Waals surface area contributed by atoms with E-state index in [9.17, 15) is 9.90 Å². The molecular weight excluding hydrogens is 242 g/mol. The second kappa shape index (κ2) is 5.41. The molecule has 1 N–H and O–H groups in total. The summed E-state index contributed by atoms with van der Waals surface area (Å²) in [6.07, 6.45) is 7.78. The Bertz CT molecular complexity index is 330.